The number of carbonyl (C=O) groups excluding carboxylic acids is 1. The van der Waals surface area contributed by atoms with E-state index >= 15 is 0 Å². The fourth-order valence-electron chi connectivity index (χ4n) is 3.32. The van der Waals surface area contributed by atoms with E-state index < -0.39 is 0 Å². The molecule has 0 heterocycles. The first-order valence-electron chi connectivity index (χ1n) is 9.21. The lowest BCUT2D eigenvalue weighted by Gasteiger charge is -2.36. The van der Waals surface area contributed by atoms with E-state index in [0.717, 1.165) is 43.5 Å². The molecule has 0 spiro atoms. The first kappa shape index (κ1) is 19.7. The van der Waals surface area contributed by atoms with Crippen LogP contribution in [-0.2, 0) is 11.3 Å². The van der Waals surface area contributed by atoms with Crippen LogP contribution in [0.2, 0.25) is 0 Å². The van der Waals surface area contributed by atoms with Gasteiger partial charge >= 0.3 is 0 Å². The Labute approximate surface area is 151 Å². The molecule has 5 heteroatoms. The molecule has 1 aliphatic rings. The second-order valence-corrected chi connectivity index (χ2v) is 7.32. The van der Waals surface area contributed by atoms with E-state index in [1.165, 1.54) is 0 Å². The lowest BCUT2D eigenvalue weighted by Crippen LogP contribution is -2.46. The Bertz CT molecular complexity index is 554. The number of nitrogens with zero attached hydrogens (tertiary/aromatic N) is 2. The van der Waals surface area contributed by atoms with Gasteiger partial charge in [0, 0.05) is 25.7 Å². The van der Waals surface area contributed by atoms with Gasteiger partial charge in [-0.2, -0.15) is 0 Å². The van der Waals surface area contributed by atoms with Crippen molar-refractivity contribution in [2.45, 2.75) is 64.3 Å². The molecule has 0 aliphatic heterocycles. The van der Waals surface area contributed by atoms with Crippen molar-refractivity contribution in [3.63, 3.8) is 0 Å². The lowest BCUT2D eigenvalue weighted by molar-refractivity contribution is -0.133. The number of hydrogen-bond donors (Lipinski definition) is 1. The van der Waals surface area contributed by atoms with Gasteiger partial charge in [-0.3, -0.25) is 9.69 Å². The van der Waals surface area contributed by atoms with Crippen molar-refractivity contribution < 1.29 is 14.6 Å². The fourth-order valence-corrected chi connectivity index (χ4v) is 3.32. The molecule has 5 nitrogen and oxygen atoms in total. The predicted molar refractivity (Wildman–Crippen MR) is 99.6 cm³/mol. The van der Waals surface area contributed by atoms with Crippen LogP contribution in [0, 0.1) is 0 Å². The van der Waals surface area contributed by atoms with Crippen molar-refractivity contribution in [2.24, 2.45) is 0 Å². The van der Waals surface area contributed by atoms with Gasteiger partial charge in [0.05, 0.1) is 19.8 Å². The average molecular weight is 348 g/mol. The van der Waals surface area contributed by atoms with Gasteiger partial charge in [-0.1, -0.05) is 12.1 Å². The van der Waals surface area contributed by atoms with Gasteiger partial charge in [0.2, 0.25) is 5.91 Å². The van der Waals surface area contributed by atoms with E-state index in [1.807, 2.05) is 39.1 Å². The van der Waals surface area contributed by atoms with Crippen molar-refractivity contribution in [2.75, 3.05) is 20.7 Å². The van der Waals surface area contributed by atoms with Gasteiger partial charge in [-0.05, 0) is 57.2 Å². The molecule has 1 aliphatic carbocycles. The van der Waals surface area contributed by atoms with Crippen LogP contribution in [0.3, 0.4) is 0 Å². The molecule has 0 saturated heterocycles. The number of carbonyl (C=O) groups is 1. The second-order valence-electron chi connectivity index (χ2n) is 7.32. The minimum absolute atomic E-state index is 0.143. The van der Waals surface area contributed by atoms with E-state index in [2.05, 4.69) is 11.0 Å². The topological polar surface area (TPSA) is 53.0 Å². The van der Waals surface area contributed by atoms with E-state index in [-0.39, 0.29) is 18.1 Å². The van der Waals surface area contributed by atoms with Crippen molar-refractivity contribution in [3.8, 4) is 5.75 Å². The van der Waals surface area contributed by atoms with Crippen LogP contribution in [0.5, 0.6) is 5.75 Å². The van der Waals surface area contributed by atoms with Crippen LogP contribution < -0.4 is 4.74 Å². The summed E-state index contributed by atoms with van der Waals surface area (Å²) < 4.78 is 5.32. The van der Waals surface area contributed by atoms with Gasteiger partial charge < -0.3 is 14.7 Å². The standard InChI is InChI=1S/C20H32N2O3/c1-15(2)21(3)20(24)14-22(17-8-10-18(23)11-9-17)13-16-6-5-7-19(12-16)25-4/h5-7,12,15,17-18,23H,8-11,13-14H2,1-4H3. The third-order valence-corrected chi connectivity index (χ3v) is 5.21. The Kier molecular flexibility index (Phi) is 7.26. The van der Waals surface area contributed by atoms with Crippen molar-refractivity contribution in [1.29, 1.82) is 0 Å². The number of benzene rings is 1. The maximum Gasteiger partial charge on any atom is 0.236 e. The van der Waals surface area contributed by atoms with Crippen molar-refractivity contribution in [1.82, 2.24) is 9.80 Å². The van der Waals surface area contributed by atoms with Gasteiger partial charge in [0.15, 0.2) is 0 Å². The Balaban J connectivity index is 2.12. The maximum absolute atomic E-state index is 12.6. The molecule has 0 bridgehead atoms. The smallest absolute Gasteiger partial charge is 0.236 e. The zero-order valence-corrected chi connectivity index (χ0v) is 15.9. The quantitative estimate of drug-likeness (QED) is 0.823. The van der Waals surface area contributed by atoms with Gasteiger partial charge in [0.25, 0.3) is 0 Å². The molecule has 25 heavy (non-hydrogen) atoms. The molecule has 0 radical (unpaired) electrons. The van der Waals surface area contributed by atoms with Gasteiger partial charge in [0.1, 0.15) is 5.75 Å². The molecule has 0 atom stereocenters. The molecule has 1 N–H and O–H groups in total. The summed E-state index contributed by atoms with van der Waals surface area (Å²) in [6.45, 7) is 5.19. The maximum atomic E-state index is 12.6. The Hall–Kier alpha value is -1.59. The molecular formula is C20H32N2O3. The number of aliphatic hydroxyl groups excluding tert-OH is 1. The molecule has 1 saturated carbocycles. The number of aliphatic hydroxyl groups is 1. The summed E-state index contributed by atoms with van der Waals surface area (Å²) in [5.74, 6) is 0.978. The van der Waals surface area contributed by atoms with E-state index in [0.29, 0.717) is 12.6 Å². The fraction of sp³-hybridized carbons (Fsp3) is 0.650. The highest BCUT2D eigenvalue weighted by Gasteiger charge is 2.27. The predicted octanol–water partition coefficient (Wildman–Crippen LogP) is 2.67. The zero-order chi connectivity index (χ0) is 18.4. The second kappa shape index (κ2) is 9.20. The normalized spacial score (nSPS) is 20.8. The van der Waals surface area contributed by atoms with Crippen LogP contribution in [0.15, 0.2) is 24.3 Å². The Morgan fingerprint density at radius 2 is 1.96 bits per heavy atom. The Morgan fingerprint density at radius 3 is 2.56 bits per heavy atom. The summed E-state index contributed by atoms with van der Waals surface area (Å²) in [5, 5.41) is 9.80. The van der Waals surface area contributed by atoms with Crippen LogP contribution >= 0.6 is 0 Å². The minimum atomic E-state index is -0.191. The molecule has 1 aromatic carbocycles. The molecule has 1 amide bonds. The zero-order valence-electron chi connectivity index (χ0n) is 15.9. The number of likely N-dealkylation sites (N-methyl/N-ethyl adjacent to an activating group) is 1. The van der Waals surface area contributed by atoms with Crippen molar-refractivity contribution >= 4 is 5.91 Å². The average Bonchev–Trinajstić information content (AvgIpc) is 2.61. The number of amides is 1. The number of hydrogen-bond acceptors (Lipinski definition) is 4. The first-order chi connectivity index (χ1) is 11.9. The van der Waals surface area contributed by atoms with Crippen molar-refractivity contribution in [3.05, 3.63) is 29.8 Å². The van der Waals surface area contributed by atoms with Crippen LogP contribution in [0.25, 0.3) is 0 Å². The van der Waals surface area contributed by atoms with Gasteiger partial charge in [-0.15, -0.1) is 0 Å². The molecule has 1 aromatic rings. The Morgan fingerprint density at radius 1 is 1.28 bits per heavy atom. The summed E-state index contributed by atoms with van der Waals surface area (Å²) in [6, 6.07) is 8.55. The van der Waals surface area contributed by atoms with Crippen LogP contribution in [0.4, 0.5) is 0 Å². The third-order valence-electron chi connectivity index (χ3n) is 5.21. The third kappa shape index (κ3) is 5.72. The minimum Gasteiger partial charge on any atom is -0.497 e. The van der Waals surface area contributed by atoms with Crippen LogP contribution in [-0.4, -0.2) is 59.7 Å². The largest absolute Gasteiger partial charge is 0.497 e. The number of rotatable bonds is 7. The highest BCUT2D eigenvalue weighted by atomic mass is 16.5. The highest BCUT2D eigenvalue weighted by Crippen LogP contribution is 2.25. The van der Waals surface area contributed by atoms with E-state index in [1.54, 1.807) is 12.0 Å². The molecule has 0 unspecified atom stereocenters. The lowest BCUT2D eigenvalue weighted by atomic mass is 9.91. The molecule has 140 valence electrons. The SMILES string of the molecule is COc1cccc(CN(CC(=O)N(C)C(C)C)C2CCC(O)CC2)c1. The number of methoxy groups -OCH3 is 1. The highest BCUT2D eigenvalue weighted by molar-refractivity contribution is 5.78. The molecule has 1 fully saturated rings. The molecule has 0 aromatic heterocycles. The van der Waals surface area contributed by atoms with Gasteiger partial charge in [-0.25, -0.2) is 0 Å². The first-order valence-corrected chi connectivity index (χ1v) is 9.21. The van der Waals surface area contributed by atoms with Crippen LogP contribution in [0.1, 0.15) is 45.1 Å². The number of ether oxygens (including phenoxy) is 1. The summed E-state index contributed by atoms with van der Waals surface area (Å²) in [4.78, 5) is 16.7. The molecular weight excluding hydrogens is 316 g/mol. The van der Waals surface area contributed by atoms with E-state index in [9.17, 15) is 9.90 Å². The summed E-state index contributed by atoms with van der Waals surface area (Å²) in [5.41, 5.74) is 1.14. The molecule has 2 rings (SSSR count). The summed E-state index contributed by atoms with van der Waals surface area (Å²) in [7, 11) is 3.53. The summed E-state index contributed by atoms with van der Waals surface area (Å²) in [6.07, 6.45) is 3.30. The van der Waals surface area contributed by atoms with E-state index in [4.69, 9.17) is 4.74 Å². The monoisotopic (exact) mass is 348 g/mol. The summed E-state index contributed by atoms with van der Waals surface area (Å²) >= 11 is 0.